The molecule has 1 rings (SSSR count). The molecule has 0 aliphatic rings. The standard InChI is InChI=1S/C11H10N4/c1-9-2-4-11(5-3-9)15-14-8-10(6-12)7-13/h2-5,10H,8H2,1H3. The lowest BCUT2D eigenvalue weighted by Gasteiger charge is -1.94. The van der Waals surface area contributed by atoms with Gasteiger partial charge in [-0.15, -0.1) is 0 Å². The molecule has 0 amide bonds. The van der Waals surface area contributed by atoms with Crippen molar-refractivity contribution in [1.29, 1.82) is 10.5 Å². The van der Waals surface area contributed by atoms with E-state index in [9.17, 15) is 0 Å². The predicted octanol–water partition coefficient (Wildman–Crippen LogP) is 2.74. The summed E-state index contributed by atoms with van der Waals surface area (Å²) in [5, 5.41) is 24.7. The lowest BCUT2D eigenvalue weighted by Crippen LogP contribution is -1.95. The van der Waals surface area contributed by atoms with Crippen molar-refractivity contribution in [3.05, 3.63) is 29.8 Å². The highest BCUT2D eigenvalue weighted by atomic mass is 15.1. The summed E-state index contributed by atoms with van der Waals surface area (Å²) >= 11 is 0. The van der Waals surface area contributed by atoms with Crippen LogP contribution in [0.25, 0.3) is 0 Å². The second kappa shape index (κ2) is 5.51. The van der Waals surface area contributed by atoms with Crippen LogP contribution < -0.4 is 0 Å². The van der Waals surface area contributed by atoms with Gasteiger partial charge in [-0.05, 0) is 19.1 Å². The largest absolute Gasteiger partial charge is 0.197 e. The molecule has 0 aromatic heterocycles. The highest BCUT2D eigenvalue weighted by molar-refractivity contribution is 5.37. The Balaban J connectivity index is 2.56. The number of aryl methyl sites for hydroxylation is 1. The van der Waals surface area contributed by atoms with E-state index in [4.69, 9.17) is 10.5 Å². The molecule has 4 nitrogen and oxygen atoms in total. The van der Waals surface area contributed by atoms with E-state index in [2.05, 4.69) is 10.2 Å². The van der Waals surface area contributed by atoms with Crippen molar-refractivity contribution in [2.75, 3.05) is 6.54 Å². The fourth-order valence-corrected chi connectivity index (χ4v) is 0.926. The minimum Gasteiger partial charge on any atom is -0.197 e. The van der Waals surface area contributed by atoms with E-state index in [1.165, 1.54) is 0 Å². The number of hydrogen-bond donors (Lipinski definition) is 0. The van der Waals surface area contributed by atoms with Crippen LogP contribution in [0.4, 0.5) is 5.69 Å². The predicted molar refractivity (Wildman–Crippen MR) is 55.3 cm³/mol. The number of hydrogen-bond acceptors (Lipinski definition) is 4. The molecule has 4 heteroatoms. The first-order valence-electron chi connectivity index (χ1n) is 4.49. The van der Waals surface area contributed by atoms with Gasteiger partial charge in [0.25, 0.3) is 0 Å². The first kappa shape index (κ1) is 10.9. The van der Waals surface area contributed by atoms with Gasteiger partial charge in [0.15, 0.2) is 5.92 Å². The summed E-state index contributed by atoms with van der Waals surface area (Å²) in [5.41, 5.74) is 1.89. The van der Waals surface area contributed by atoms with Gasteiger partial charge in [0.05, 0.1) is 24.4 Å². The van der Waals surface area contributed by atoms with Crippen molar-refractivity contribution in [2.45, 2.75) is 6.92 Å². The third kappa shape index (κ3) is 3.58. The molecule has 0 radical (unpaired) electrons. The maximum absolute atomic E-state index is 8.49. The van der Waals surface area contributed by atoms with Crippen LogP contribution in [0.1, 0.15) is 5.56 Å². The normalized spacial score (nSPS) is 10.1. The molecule has 0 saturated heterocycles. The molecule has 0 unspecified atom stereocenters. The second-order valence-corrected chi connectivity index (χ2v) is 3.07. The molecule has 0 bridgehead atoms. The summed E-state index contributed by atoms with van der Waals surface area (Å²) in [7, 11) is 0. The third-order valence-electron chi connectivity index (χ3n) is 1.80. The van der Waals surface area contributed by atoms with E-state index >= 15 is 0 Å². The van der Waals surface area contributed by atoms with Crippen molar-refractivity contribution in [3.63, 3.8) is 0 Å². The maximum Gasteiger partial charge on any atom is 0.154 e. The Bertz CT molecular complexity index is 405. The Hall–Kier alpha value is -2.20. The third-order valence-corrected chi connectivity index (χ3v) is 1.80. The van der Waals surface area contributed by atoms with Gasteiger partial charge in [-0.1, -0.05) is 17.7 Å². The minimum atomic E-state index is -0.709. The molecule has 0 aliphatic heterocycles. The minimum absolute atomic E-state index is 0.126. The number of rotatable bonds is 3. The molecule has 0 atom stereocenters. The Kier molecular flexibility index (Phi) is 4.00. The van der Waals surface area contributed by atoms with Gasteiger partial charge >= 0.3 is 0 Å². The molecule has 74 valence electrons. The summed E-state index contributed by atoms with van der Waals surface area (Å²) in [6, 6.07) is 11.2. The monoisotopic (exact) mass is 198 g/mol. The average Bonchev–Trinajstić information content (AvgIpc) is 2.27. The van der Waals surface area contributed by atoms with Gasteiger partial charge in [-0.2, -0.15) is 20.8 Å². The molecule has 0 saturated carbocycles. The van der Waals surface area contributed by atoms with Gasteiger partial charge in [0.1, 0.15) is 0 Å². The summed E-state index contributed by atoms with van der Waals surface area (Å²) in [6.07, 6.45) is 0. The molecule has 0 N–H and O–H groups in total. The van der Waals surface area contributed by atoms with Crippen molar-refractivity contribution >= 4 is 5.69 Å². The van der Waals surface area contributed by atoms with Crippen molar-refractivity contribution in [3.8, 4) is 12.1 Å². The van der Waals surface area contributed by atoms with E-state index in [1.807, 2.05) is 43.3 Å². The molecule has 0 spiro atoms. The van der Waals surface area contributed by atoms with E-state index in [1.54, 1.807) is 0 Å². The molecular formula is C11H10N4. The fraction of sp³-hybridized carbons (Fsp3) is 0.273. The van der Waals surface area contributed by atoms with Gasteiger partial charge < -0.3 is 0 Å². The summed E-state index contributed by atoms with van der Waals surface area (Å²) < 4.78 is 0. The summed E-state index contributed by atoms with van der Waals surface area (Å²) in [4.78, 5) is 0. The van der Waals surface area contributed by atoms with Crippen LogP contribution in [0.5, 0.6) is 0 Å². The maximum atomic E-state index is 8.49. The smallest absolute Gasteiger partial charge is 0.154 e. The van der Waals surface area contributed by atoms with Crippen LogP contribution in [0, 0.1) is 35.5 Å². The number of nitrogens with zero attached hydrogens (tertiary/aromatic N) is 4. The van der Waals surface area contributed by atoms with Gasteiger partial charge in [-0.3, -0.25) is 0 Å². The van der Waals surface area contributed by atoms with Gasteiger partial charge in [0, 0.05) is 0 Å². The number of nitriles is 2. The van der Waals surface area contributed by atoms with Crippen LogP contribution >= 0.6 is 0 Å². The highest BCUT2D eigenvalue weighted by Crippen LogP contribution is 2.12. The molecule has 0 heterocycles. The SMILES string of the molecule is Cc1ccc(N=NCC(C#N)C#N)cc1. The van der Waals surface area contributed by atoms with Crippen molar-refractivity contribution in [2.24, 2.45) is 16.1 Å². The topological polar surface area (TPSA) is 72.3 Å². The first-order valence-corrected chi connectivity index (χ1v) is 4.49. The lowest BCUT2D eigenvalue weighted by molar-refractivity contribution is 0.809. The Labute approximate surface area is 88.5 Å². The van der Waals surface area contributed by atoms with Gasteiger partial charge in [-0.25, -0.2) is 0 Å². The average molecular weight is 198 g/mol. The van der Waals surface area contributed by atoms with Crippen LogP contribution in [0.15, 0.2) is 34.5 Å². The molecule has 0 aliphatic carbocycles. The molecule has 0 fully saturated rings. The highest BCUT2D eigenvalue weighted by Gasteiger charge is 2.02. The van der Waals surface area contributed by atoms with E-state index in [-0.39, 0.29) is 6.54 Å². The van der Waals surface area contributed by atoms with E-state index < -0.39 is 5.92 Å². The number of benzene rings is 1. The zero-order valence-corrected chi connectivity index (χ0v) is 8.38. The fourth-order valence-electron chi connectivity index (χ4n) is 0.926. The number of azo groups is 1. The zero-order valence-electron chi connectivity index (χ0n) is 8.38. The van der Waals surface area contributed by atoms with Gasteiger partial charge in [0.2, 0.25) is 0 Å². The Morgan fingerprint density at radius 2 is 1.80 bits per heavy atom. The van der Waals surface area contributed by atoms with Crippen LogP contribution in [-0.4, -0.2) is 6.54 Å². The summed E-state index contributed by atoms with van der Waals surface area (Å²) in [5.74, 6) is -0.709. The Morgan fingerprint density at radius 1 is 1.20 bits per heavy atom. The molecular weight excluding hydrogens is 188 g/mol. The quantitative estimate of drug-likeness (QED) is 0.700. The van der Waals surface area contributed by atoms with Crippen LogP contribution in [-0.2, 0) is 0 Å². The van der Waals surface area contributed by atoms with E-state index in [0.717, 1.165) is 11.3 Å². The summed E-state index contributed by atoms with van der Waals surface area (Å²) in [6.45, 7) is 2.11. The van der Waals surface area contributed by atoms with E-state index in [0.29, 0.717) is 0 Å². The zero-order chi connectivity index (χ0) is 11.1. The molecule has 15 heavy (non-hydrogen) atoms. The molecule has 1 aromatic rings. The Morgan fingerprint density at radius 3 is 2.33 bits per heavy atom. The van der Waals surface area contributed by atoms with Crippen LogP contribution in [0.2, 0.25) is 0 Å². The van der Waals surface area contributed by atoms with Crippen LogP contribution in [0.3, 0.4) is 0 Å². The second-order valence-electron chi connectivity index (χ2n) is 3.07. The van der Waals surface area contributed by atoms with Crippen molar-refractivity contribution in [1.82, 2.24) is 0 Å². The van der Waals surface area contributed by atoms with Crippen molar-refractivity contribution < 1.29 is 0 Å². The lowest BCUT2D eigenvalue weighted by atomic mass is 10.2. The molecule has 1 aromatic carbocycles. The first-order chi connectivity index (χ1) is 7.26.